The predicted octanol–water partition coefficient (Wildman–Crippen LogP) is 0.909. The third-order valence-electron chi connectivity index (χ3n) is 2.91. The number of ether oxygens (including phenoxy) is 1. The summed E-state index contributed by atoms with van der Waals surface area (Å²) >= 11 is 5.37. The second-order valence-corrected chi connectivity index (χ2v) is 4.07. The van der Waals surface area contributed by atoms with Crippen molar-refractivity contribution >= 4 is 17.5 Å². The van der Waals surface area contributed by atoms with Crippen LogP contribution in [0.3, 0.4) is 0 Å². The largest absolute Gasteiger partial charge is 0.375 e. The van der Waals surface area contributed by atoms with Crippen LogP contribution in [0.1, 0.15) is 19.3 Å². The molecular weight excluding hydrogens is 190 g/mol. The van der Waals surface area contributed by atoms with Crippen LogP contribution in [0.5, 0.6) is 0 Å². The topological polar surface area (TPSA) is 38.3 Å². The molecule has 0 aliphatic carbocycles. The molecule has 1 N–H and O–H groups in total. The number of carbonyl (C=O) groups is 1. The lowest BCUT2D eigenvalue weighted by Crippen LogP contribution is -2.34. The lowest BCUT2D eigenvalue weighted by Gasteiger charge is -2.18. The van der Waals surface area contributed by atoms with Crippen LogP contribution in [0.25, 0.3) is 0 Å². The average molecular weight is 204 g/mol. The number of fused-ring (bicyclic) bond motifs is 2. The minimum absolute atomic E-state index is 0.0572. The van der Waals surface area contributed by atoms with Crippen LogP contribution in [0.15, 0.2) is 0 Å². The Labute approximate surface area is 82.8 Å². The van der Waals surface area contributed by atoms with Gasteiger partial charge in [-0.2, -0.15) is 0 Å². The summed E-state index contributed by atoms with van der Waals surface area (Å²) in [4.78, 5) is 10.9. The smallest absolute Gasteiger partial charge is 0.234 e. The molecule has 2 fully saturated rings. The summed E-state index contributed by atoms with van der Waals surface area (Å²) in [5.41, 5.74) is 0. The molecule has 2 heterocycles. The summed E-state index contributed by atoms with van der Waals surface area (Å²) in [5.74, 6) is 0.497. The second kappa shape index (κ2) is 3.84. The third-order valence-corrected chi connectivity index (χ3v) is 3.16. The molecule has 74 valence electrons. The molecule has 4 heteroatoms. The molecule has 3 atom stereocenters. The molecule has 0 radical (unpaired) electrons. The van der Waals surface area contributed by atoms with Crippen molar-refractivity contribution in [3.8, 4) is 0 Å². The molecule has 2 rings (SSSR count). The average Bonchev–Trinajstić information content (AvgIpc) is 2.74. The summed E-state index contributed by atoms with van der Waals surface area (Å²) in [6.45, 7) is 0.729. The molecule has 2 aliphatic rings. The first-order valence-corrected chi connectivity index (χ1v) is 5.31. The molecule has 0 aromatic heterocycles. The van der Waals surface area contributed by atoms with Crippen molar-refractivity contribution in [2.24, 2.45) is 5.92 Å². The van der Waals surface area contributed by atoms with E-state index in [0.717, 1.165) is 19.4 Å². The zero-order chi connectivity index (χ0) is 9.26. The van der Waals surface area contributed by atoms with Gasteiger partial charge in [-0.3, -0.25) is 4.79 Å². The fourth-order valence-corrected chi connectivity index (χ4v) is 2.34. The quantitative estimate of drug-likeness (QED) is 0.693. The summed E-state index contributed by atoms with van der Waals surface area (Å²) in [6, 6.07) is 0. The van der Waals surface area contributed by atoms with E-state index in [2.05, 4.69) is 5.32 Å². The maximum atomic E-state index is 10.9. The van der Waals surface area contributed by atoms with Gasteiger partial charge >= 0.3 is 0 Å². The zero-order valence-electron chi connectivity index (χ0n) is 7.46. The normalized spacial score (nSPS) is 36.5. The molecule has 2 saturated heterocycles. The van der Waals surface area contributed by atoms with Crippen molar-refractivity contribution in [1.29, 1.82) is 0 Å². The van der Waals surface area contributed by atoms with Crippen LogP contribution < -0.4 is 5.32 Å². The molecule has 0 saturated carbocycles. The first-order valence-electron chi connectivity index (χ1n) is 4.77. The van der Waals surface area contributed by atoms with Gasteiger partial charge < -0.3 is 10.1 Å². The summed E-state index contributed by atoms with van der Waals surface area (Å²) < 4.78 is 5.67. The molecule has 0 spiro atoms. The summed E-state index contributed by atoms with van der Waals surface area (Å²) in [5, 5.41) is 2.81. The third kappa shape index (κ3) is 1.97. The van der Waals surface area contributed by atoms with Gasteiger partial charge in [0, 0.05) is 12.5 Å². The van der Waals surface area contributed by atoms with Crippen LogP contribution in [0.4, 0.5) is 0 Å². The van der Waals surface area contributed by atoms with E-state index in [0.29, 0.717) is 18.1 Å². The van der Waals surface area contributed by atoms with Crippen LogP contribution in [-0.4, -0.2) is 30.5 Å². The first kappa shape index (κ1) is 9.28. The van der Waals surface area contributed by atoms with Gasteiger partial charge in [0.15, 0.2) is 0 Å². The predicted molar refractivity (Wildman–Crippen MR) is 49.7 cm³/mol. The number of rotatable bonds is 3. The Hall–Kier alpha value is -0.280. The molecule has 13 heavy (non-hydrogen) atoms. The highest BCUT2D eigenvalue weighted by atomic mass is 35.5. The zero-order valence-corrected chi connectivity index (χ0v) is 8.22. The van der Waals surface area contributed by atoms with Gasteiger partial charge in [-0.05, 0) is 19.3 Å². The van der Waals surface area contributed by atoms with Crippen molar-refractivity contribution < 1.29 is 9.53 Å². The fraction of sp³-hybridized carbons (Fsp3) is 0.889. The number of nitrogens with one attached hydrogen (secondary N) is 1. The highest BCUT2D eigenvalue weighted by Gasteiger charge is 2.40. The number of halogens is 1. The molecular formula is C9H14ClNO2. The SMILES string of the molecule is O=C(CCl)NC[C@H]1C[C@H]2CC[C@@H]1O2. The minimum Gasteiger partial charge on any atom is -0.375 e. The molecule has 0 aromatic carbocycles. The van der Waals surface area contributed by atoms with E-state index in [-0.39, 0.29) is 11.8 Å². The van der Waals surface area contributed by atoms with Gasteiger partial charge in [-0.25, -0.2) is 0 Å². The summed E-state index contributed by atoms with van der Waals surface area (Å²) in [6.07, 6.45) is 4.31. The van der Waals surface area contributed by atoms with Gasteiger partial charge in [0.25, 0.3) is 0 Å². The maximum Gasteiger partial charge on any atom is 0.234 e. The number of alkyl halides is 1. The lowest BCUT2D eigenvalue weighted by molar-refractivity contribution is -0.118. The van der Waals surface area contributed by atoms with Crippen molar-refractivity contribution in [2.75, 3.05) is 12.4 Å². The molecule has 0 aromatic rings. The van der Waals surface area contributed by atoms with Gasteiger partial charge in [0.05, 0.1) is 12.2 Å². The Morgan fingerprint density at radius 3 is 2.92 bits per heavy atom. The van der Waals surface area contributed by atoms with Gasteiger partial charge in [0.2, 0.25) is 5.91 Å². The Morgan fingerprint density at radius 2 is 2.38 bits per heavy atom. The van der Waals surface area contributed by atoms with E-state index in [1.807, 2.05) is 0 Å². The van der Waals surface area contributed by atoms with E-state index in [1.165, 1.54) is 6.42 Å². The van der Waals surface area contributed by atoms with E-state index >= 15 is 0 Å². The second-order valence-electron chi connectivity index (χ2n) is 3.81. The van der Waals surface area contributed by atoms with E-state index in [9.17, 15) is 4.79 Å². The maximum absolute atomic E-state index is 10.9. The molecule has 2 aliphatic heterocycles. The number of amides is 1. The van der Waals surface area contributed by atoms with Crippen LogP contribution in [-0.2, 0) is 9.53 Å². The Balaban J connectivity index is 1.74. The number of carbonyl (C=O) groups excluding carboxylic acids is 1. The summed E-state index contributed by atoms with van der Waals surface area (Å²) in [7, 11) is 0. The Bertz CT molecular complexity index is 210. The van der Waals surface area contributed by atoms with E-state index in [1.54, 1.807) is 0 Å². The minimum atomic E-state index is -0.0792. The van der Waals surface area contributed by atoms with Crippen molar-refractivity contribution in [2.45, 2.75) is 31.5 Å². The van der Waals surface area contributed by atoms with E-state index < -0.39 is 0 Å². The number of hydrogen-bond acceptors (Lipinski definition) is 2. The molecule has 3 nitrogen and oxygen atoms in total. The van der Waals surface area contributed by atoms with Gasteiger partial charge in [-0.15, -0.1) is 11.6 Å². The molecule has 1 amide bonds. The van der Waals surface area contributed by atoms with Crippen LogP contribution in [0, 0.1) is 5.92 Å². The fourth-order valence-electron chi connectivity index (χ4n) is 2.25. The standard InChI is InChI=1S/C9H14ClNO2/c10-4-9(12)11-5-6-3-7-1-2-8(6)13-7/h6-8H,1-5H2,(H,11,12)/t6-,7-,8+/m1/s1. The number of hydrogen-bond donors (Lipinski definition) is 1. The Morgan fingerprint density at radius 1 is 1.54 bits per heavy atom. The lowest BCUT2D eigenvalue weighted by atomic mass is 9.89. The van der Waals surface area contributed by atoms with Crippen LogP contribution in [0.2, 0.25) is 0 Å². The molecule has 2 bridgehead atoms. The van der Waals surface area contributed by atoms with Gasteiger partial charge in [0.1, 0.15) is 5.88 Å². The van der Waals surface area contributed by atoms with Crippen molar-refractivity contribution in [3.63, 3.8) is 0 Å². The van der Waals surface area contributed by atoms with Gasteiger partial charge in [-0.1, -0.05) is 0 Å². The first-order chi connectivity index (χ1) is 6.29. The highest BCUT2D eigenvalue weighted by Crippen LogP contribution is 2.38. The van der Waals surface area contributed by atoms with Crippen molar-refractivity contribution in [1.82, 2.24) is 5.32 Å². The monoisotopic (exact) mass is 203 g/mol. The van der Waals surface area contributed by atoms with E-state index in [4.69, 9.17) is 16.3 Å². The van der Waals surface area contributed by atoms with Crippen molar-refractivity contribution in [3.05, 3.63) is 0 Å². The van der Waals surface area contributed by atoms with Crippen LogP contribution >= 0.6 is 11.6 Å². The highest BCUT2D eigenvalue weighted by molar-refractivity contribution is 6.27. The molecule has 0 unspecified atom stereocenters. The Kier molecular flexibility index (Phi) is 2.74.